The van der Waals surface area contributed by atoms with Crippen molar-refractivity contribution in [3.05, 3.63) is 22.7 Å². The van der Waals surface area contributed by atoms with Crippen molar-refractivity contribution < 1.29 is 9.53 Å². The van der Waals surface area contributed by atoms with Crippen LogP contribution in [-0.2, 0) is 4.79 Å². The van der Waals surface area contributed by atoms with Crippen LogP contribution in [0, 0.1) is 16.7 Å². The van der Waals surface area contributed by atoms with Gasteiger partial charge in [-0.25, -0.2) is 0 Å². The quantitative estimate of drug-likeness (QED) is 0.927. The number of nitrogens with one attached hydrogen (secondary N) is 1. The molecule has 96 valence electrons. The predicted molar refractivity (Wildman–Crippen MR) is 73.3 cm³/mol. The Kier molecular flexibility index (Phi) is 4.74. The van der Waals surface area contributed by atoms with Crippen LogP contribution in [0.5, 0.6) is 5.75 Å². The minimum absolute atomic E-state index is 0.301. The molecule has 1 unspecified atom stereocenters. The molecule has 1 amide bonds. The summed E-state index contributed by atoms with van der Waals surface area (Å²) in [6, 6.07) is 7.25. The van der Waals surface area contributed by atoms with Crippen molar-refractivity contribution in [1.29, 1.82) is 5.26 Å². The van der Waals surface area contributed by atoms with Gasteiger partial charge in [0, 0.05) is 5.69 Å². The maximum absolute atomic E-state index is 12.0. The maximum atomic E-state index is 12.0. The minimum atomic E-state index is -1.01. The Labute approximate surface area is 115 Å². The van der Waals surface area contributed by atoms with Gasteiger partial charge in [0.1, 0.15) is 11.2 Å². The van der Waals surface area contributed by atoms with Crippen molar-refractivity contribution in [1.82, 2.24) is 0 Å². The van der Waals surface area contributed by atoms with Crippen molar-refractivity contribution in [3.63, 3.8) is 0 Å². The second kappa shape index (κ2) is 5.87. The number of carbonyl (C=O) groups excluding carboxylic acids is 1. The van der Waals surface area contributed by atoms with E-state index in [1.807, 2.05) is 13.0 Å². The number of anilines is 1. The molecule has 0 aliphatic heterocycles. The highest BCUT2D eigenvalue weighted by atomic mass is 79.9. The van der Waals surface area contributed by atoms with Crippen LogP contribution in [0.25, 0.3) is 0 Å². The molecule has 1 aromatic carbocycles. The molecule has 0 aliphatic carbocycles. The zero-order valence-electron chi connectivity index (χ0n) is 10.6. The molecule has 0 heterocycles. The largest absolute Gasteiger partial charge is 0.496 e. The summed E-state index contributed by atoms with van der Waals surface area (Å²) in [5.74, 6) is 0.385. The van der Waals surface area contributed by atoms with Gasteiger partial charge in [0.25, 0.3) is 0 Å². The number of nitriles is 1. The monoisotopic (exact) mass is 310 g/mol. The van der Waals surface area contributed by atoms with E-state index in [0.717, 1.165) is 4.47 Å². The molecule has 0 bridgehead atoms. The van der Waals surface area contributed by atoms with E-state index in [-0.39, 0.29) is 5.91 Å². The highest BCUT2D eigenvalue weighted by Gasteiger charge is 2.31. The number of amides is 1. The first-order valence-electron chi connectivity index (χ1n) is 5.53. The summed E-state index contributed by atoms with van der Waals surface area (Å²) in [4.78, 5) is 12.0. The van der Waals surface area contributed by atoms with E-state index in [4.69, 9.17) is 10.00 Å². The van der Waals surface area contributed by atoms with E-state index in [9.17, 15) is 4.79 Å². The number of halogens is 1. The highest BCUT2D eigenvalue weighted by Crippen LogP contribution is 2.29. The third-order valence-electron chi connectivity index (χ3n) is 2.86. The van der Waals surface area contributed by atoms with E-state index in [1.54, 1.807) is 32.2 Å². The topological polar surface area (TPSA) is 62.1 Å². The van der Waals surface area contributed by atoms with Crippen molar-refractivity contribution in [2.45, 2.75) is 20.3 Å². The molecule has 0 aliphatic rings. The Morgan fingerprint density at radius 2 is 2.28 bits per heavy atom. The molecule has 1 aromatic rings. The molecule has 0 saturated heterocycles. The Bertz CT molecular complexity index is 496. The summed E-state index contributed by atoms with van der Waals surface area (Å²) in [6.45, 7) is 3.44. The number of rotatable bonds is 4. The lowest BCUT2D eigenvalue weighted by atomic mass is 9.88. The molecule has 4 nitrogen and oxygen atoms in total. The molecule has 18 heavy (non-hydrogen) atoms. The van der Waals surface area contributed by atoms with E-state index < -0.39 is 5.41 Å². The van der Waals surface area contributed by atoms with Gasteiger partial charge in [0.2, 0.25) is 5.91 Å². The Morgan fingerprint density at radius 1 is 1.61 bits per heavy atom. The van der Waals surface area contributed by atoms with Gasteiger partial charge in [0.05, 0.1) is 17.7 Å². The van der Waals surface area contributed by atoms with Crippen molar-refractivity contribution in [3.8, 4) is 11.8 Å². The SMILES string of the molecule is CCC(C)(C#N)C(=O)Nc1ccc(OC)c(Br)c1. The first-order valence-corrected chi connectivity index (χ1v) is 6.32. The van der Waals surface area contributed by atoms with Crippen molar-refractivity contribution >= 4 is 27.5 Å². The summed E-state index contributed by atoms with van der Waals surface area (Å²) in [7, 11) is 1.57. The number of ether oxygens (including phenoxy) is 1. The summed E-state index contributed by atoms with van der Waals surface area (Å²) < 4.78 is 5.85. The summed E-state index contributed by atoms with van der Waals surface area (Å²) in [5.41, 5.74) is -0.380. The smallest absolute Gasteiger partial charge is 0.244 e. The summed E-state index contributed by atoms with van der Waals surface area (Å²) in [6.07, 6.45) is 0.465. The number of methoxy groups -OCH3 is 1. The zero-order chi connectivity index (χ0) is 13.8. The molecule has 5 heteroatoms. The average Bonchev–Trinajstić information content (AvgIpc) is 2.38. The third kappa shape index (κ3) is 3.02. The lowest BCUT2D eigenvalue weighted by Gasteiger charge is -2.18. The lowest BCUT2D eigenvalue weighted by Crippen LogP contribution is -2.31. The van der Waals surface area contributed by atoms with Crippen LogP contribution in [0.2, 0.25) is 0 Å². The van der Waals surface area contributed by atoms with Gasteiger partial charge in [0.15, 0.2) is 0 Å². The first kappa shape index (κ1) is 14.5. The molecule has 1 atom stereocenters. The number of benzene rings is 1. The lowest BCUT2D eigenvalue weighted by molar-refractivity contribution is -0.122. The molecular formula is C13H15BrN2O2. The van der Waals surface area contributed by atoms with E-state index in [2.05, 4.69) is 21.2 Å². The fourth-order valence-corrected chi connectivity index (χ4v) is 1.84. The minimum Gasteiger partial charge on any atom is -0.496 e. The first-order chi connectivity index (χ1) is 8.46. The van der Waals surface area contributed by atoms with Gasteiger partial charge < -0.3 is 10.1 Å². The van der Waals surface area contributed by atoms with E-state index >= 15 is 0 Å². The van der Waals surface area contributed by atoms with Gasteiger partial charge in [-0.3, -0.25) is 4.79 Å². The van der Waals surface area contributed by atoms with Gasteiger partial charge in [-0.1, -0.05) is 6.92 Å². The number of nitrogens with zero attached hydrogens (tertiary/aromatic N) is 1. The van der Waals surface area contributed by atoms with Crippen molar-refractivity contribution in [2.24, 2.45) is 5.41 Å². The van der Waals surface area contributed by atoms with Gasteiger partial charge in [-0.2, -0.15) is 5.26 Å². The van der Waals surface area contributed by atoms with Crippen LogP contribution < -0.4 is 10.1 Å². The summed E-state index contributed by atoms with van der Waals surface area (Å²) in [5, 5.41) is 11.8. The fourth-order valence-electron chi connectivity index (χ4n) is 1.30. The fraction of sp³-hybridized carbons (Fsp3) is 0.385. The average molecular weight is 311 g/mol. The molecule has 1 rings (SSSR count). The van der Waals surface area contributed by atoms with Crippen LogP contribution >= 0.6 is 15.9 Å². The number of hydrogen-bond acceptors (Lipinski definition) is 3. The summed E-state index contributed by atoms with van der Waals surface area (Å²) >= 11 is 3.34. The van der Waals surface area contributed by atoms with Crippen LogP contribution in [0.4, 0.5) is 5.69 Å². The van der Waals surface area contributed by atoms with Crippen molar-refractivity contribution in [2.75, 3.05) is 12.4 Å². The number of hydrogen-bond donors (Lipinski definition) is 1. The Hall–Kier alpha value is -1.54. The molecule has 1 N–H and O–H groups in total. The van der Waals surface area contributed by atoms with Gasteiger partial charge in [-0.15, -0.1) is 0 Å². The zero-order valence-corrected chi connectivity index (χ0v) is 12.2. The molecule has 0 fully saturated rings. The highest BCUT2D eigenvalue weighted by molar-refractivity contribution is 9.10. The molecule has 0 aromatic heterocycles. The van der Waals surface area contributed by atoms with Crippen LogP contribution in [0.1, 0.15) is 20.3 Å². The predicted octanol–water partition coefficient (Wildman–Crippen LogP) is 3.34. The van der Waals surface area contributed by atoms with Gasteiger partial charge >= 0.3 is 0 Å². The Balaban J connectivity index is 2.90. The molecular weight excluding hydrogens is 296 g/mol. The molecule has 0 spiro atoms. The maximum Gasteiger partial charge on any atom is 0.244 e. The number of carbonyl (C=O) groups is 1. The van der Waals surface area contributed by atoms with Crippen LogP contribution in [0.3, 0.4) is 0 Å². The van der Waals surface area contributed by atoms with Crippen LogP contribution in [0.15, 0.2) is 22.7 Å². The van der Waals surface area contributed by atoms with E-state index in [1.165, 1.54) is 0 Å². The molecule has 0 radical (unpaired) electrons. The normalized spacial score (nSPS) is 13.3. The van der Waals surface area contributed by atoms with E-state index in [0.29, 0.717) is 17.9 Å². The second-order valence-corrected chi connectivity index (χ2v) is 4.96. The molecule has 0 saturated carbocycles. The Morgan fingerprint density at radius 3 is 2.72 bits per heavy atom. The third-order valence-corrected chi connectivity index (χ3v) is 3.48. The van der Waals surface area contributed by atoms with Gasteiger partial charge in [-0.05, 0) is 47.5 Å². The van der Waals surface area contributed by atoms with Crippen LogP contribution in [-0.4, -0.2) is 13.0 Å². The standard InChI is InChI=1S/C13H15BrN2O2/c1-4-13(2,8-15)12(17)16-9-5-6-11(18-3)10(14)7-9/h5-7H,4H2,1-3H3,(H,16,17). The second-order valence-electron chi connectivity index (χ2n) is 4.10.